The first kappa shape index (κ1) is 28.4. The van der Waals surface area contributed by atoms with Crippen LogP contribution in [0.3, 0.4) is 0 Å². The van der Waals surface area contributed by atoms with Crippen molar-refractivity contribution < 1.29 is 24.5 Å². The molecule has 1 aliphatic rings. The van der Waals surface area contributed by atoms with E-state index in [4.69, 9.17) is 4.74 Å². The minimum absolute atomic E-state index is 0.0436. The van der Waals surface area contributed by atoms with Crippen LogP contribution in [-0.2, 0) is 14.3 Å². The Morgan fingerprint density at radius 1 is 1.21 bits per heavy atom. The lowest BCUT2D eigenvalue weighted by Crippen LogP contribution is -2.45. The molecule has 7 heteroatoms. The van der Waals surface area contributed by atoms with E-state index in [1.807, 2.05) is 39.2 Å². The van der Waals surface area contributed by atoms with Crippen LogP contribution < -0.4 is 0 Å². The zero-order valence-corrected chi connectivity index (χ0v) is 22.4. The standard InChI is InChI=1S/C27H41NO5S/c1-16-10-8-9-11-17(2)25(31)19(4)26(32)27(6,7)23(29)14-24(30)33-22(12-16)18(3)13-21-15-34-20(5)28-21/h10,13,15,17,19,22-23,25,29,31H,8-9,11-12,14H2,1-7H3. The highest BCUT2D eigenvalue weighted by atomic mass is 32.1. The molecule has 5 atom stereocenters. The molecule has 0 aromatic carbocycles. The lowest BCUT2D eigenvalue weighted by atomic mass is 9.73. The van der Waals surface area contributed by atoms with Gasteiger partial charge >= 0.3 is 5.97 Å². The van der Waals surface area contributed by atoms with Gasteiger partial charge < -0.3 is 14.9 Å². The number of hydrogen-bond acceptors (Lipinski definition) is 7. The van der Waals surface area contributed by atoms with Crippen LogP contribution in [0.1, 0.15) is 84.3 Å². The van der Waals surface area contributed by atoms with Crippen LogP contribution in [0.4, 0.5) is 0 Å². The van der Waals surface area contributed by atoms with E-state index in [1.54, 1.807) is 32.1 Å². The average molecular weight is 492 g/mol. The molecule has 0 saturated heterocycles. The van der Waals surface area contributed by atoms with E-state index in [2.05, 4.69) is 11.1 Å². The Hall–Kier alpha value is -1.83. The summed E-state index contributed by atoms with van der Waals surface area (Å²) in [5.41, 5.74) is 1.63. The fraction of sp³-hybridized carbons (Fsp3) is 0.667. The van der Waals surface area contributed by atoms with Gasteiger partial charge in [0.05, 0.1) is 34.7 Å². The number of nitrogens with zero attached hydrogens (tertiary/aromatic N) is 1. The van der Waals surface area contributed by atoms with Gasteiger partial charge in [0.25, 0.3) is 0 Å². The summed E-state index contributed by atoms with van der Waals surface area (Å²) in [5, 5.41) is 24.5. The van der Waals surface area contributed by atoms with Crippen LogP contribution >= 0.6 is 11.3 Å². The maximum atomic E-state index is 13.2. The Kier molecular flexibility index (Phi) is 10.2. The molecule has 0 saturated carbocycles. The van der Waals surface area contributed by atoms with E-state index in [0.29, 0.717) is 6.42 Å². The van der Waals surface area contributed by atoms with Gasteiger partial charge in [0.2, 0.25) is 0 Å². The number of aliphatic hydroxyl groups is 2. The summed E-state index contributed by atoms with van der Waals surface area (Å²) < 4.78 is 5.83. The molecule has 0 fully saturated rings. The van der Waals surface area contributed by atoms with Crippen molar-refractivity contribution in [2.24, 2.45) is 17.3 Å². The summed E-state index contributed by atoms with van der Waals surface area (Å²) in [6.07, 6.45) is 4.38. The molecule has 2 heterocycles. The van der Waals surface area contributed by atoms with Crippen molar-refractivity contribution in [3.63, 3.8) is 0 Å². The molecule has 1 aromatic heterocycles. The summed E-state index contributed by atoms with van der Waals surface area (Å²) >= 11 is 1.56. The molecule has 0 radical (unpaired) electrons. The molecule has 34 heavy (non-hydrogen) atoms. The highest BCUT2D eigenvalue weighted by Gasteiger charge is 2.42. The van der Waals surface area contributed by atoms with Gasteiger partial charge in [-0.2, -0.15) is 0 Å². The van der Waals surface area contributed by atoms with Crippen LogP contribution in [-0.4, -0.2) is 45.3 Å². The second-order valence-electron chi connectivity index (χ2n) is 10.4. The minimum Gasteiger partial charge on any atom is -0.457 e. The van der Waals surface area contributed by atoms with Gasteiger partial charge in [-0.1, -0.05) is 39.3 Å². The second-order valence-corrected chi connectivity index (χ2v) is 11.5. The minimum atomic E-state index is -1.21. The molecule has 190 valence electrons. The first-order valence-electron chi connectivity index (χ1n) is 12.2. The molecule has 6 nitrogen and oxygen atoms in total. The number of rotatable bonds is 2. The number of allylic oxidation sites excluding steroid dienone is 1. The number of thiazole rings is 1. The summed E-state index contributed by atoms with van der Waals surface area (Å²) in [6, 6.07) is 0. The largest absolute Gasteiger partial charge is 0.457 e. The lowest BCUT2D eigenvalue weighted by molar-refractivity contribution is -0.154. The number of esters is 1. The predicted octanol–water partition coefficient (Wildman–Crippen LogP) is 5.27. The monoisotopic (exact) mass is 491 g/mol. The van der Waals surface area contributed by atoms with Crippen LogP contribution in [0, 0.1) is 24.2 Å². The van der Waals surface area contributed by atoms with Crippen molar-refractivity contribution in [2.75, 3.05) is 0 Å². The molecular weight excluding hydrogens is 450 g/mol. The Balaban J connectivity index is 2.33. The zero-order chi connectivity index (χ0) is 25.6. The van der Waals surface area contributed by atoms with E-state index in [-0.39, 0.29) is 18.1 Å². The van der Waals surface area contributed by atoms with Crippen LogP contribution in [0.15, 0.2) is 22.6 Å². The van der Waals surface area contributed by atoms with Crippen molar-refractivity contribution >= 4 is 29.2 Å². The Labute approximate surface area is 208 Å². The normalized spacial score (nSPS) is 30.6. The Morgan fingerprint density at radius 3 is 2.50 bits per heavy atom. The number of cyclic esters (lactones) is 1. The smallest absolute Gasteiger partial charge is 0.309 e. The summed E-state index contributed by atoms with van der Waals surface area (Å²) in [6.45, 7) is 12.8. The number of Topliss-reactive ketones (excluding diaryl/α,β-unsaturated/α-hetero) is 1. The maximum absolute atomic E-state index is 13.2. The highest BCUT2D eigenvalue weighted by Crippen LogP contribution is 2.32. The quantitative estimate of drug-likeness (QED) is 0.432. The SMILES string of the molecule is CC1=CCCCC(C)C(O)C(C)C(=O)C(C)(C)C(O)CC(=O)OC(C(C)=Cc2csc(C)n2)C1. The maximum Gasteiger partial charge on any atom is 0.309 e. The zero-order valence-electron chi connectivity index (χ0n) is 21.6. The van der Waals surface area contributed by atoms with E-state index in [1.165, 1.54) is 0 Å². The van der Waals surface area contributed by atoms with Crippen molar-refractivity contribution in [1.82, 2.24) is 4.98 Å². The van der Waals surface area contributed by atoms with Crippen molar-refractivity contribution in [2.45, 2.75) is 98.9 Å². The number of ketones is 1. The number of aromatic nitrogens is 1. The van der Waals surface area contributed by atoms with Gasteiger partial charge in [-0.05, 0) is 57.6 Å². The third-order valence-electron chi connectivity index (χ3n) is 6.99. The molecule has 0 spiro atoms. The number of hydrogen-bond donors (Lipinski definition) is 2. The van der Waals surface area contributed by atoms with Crippen molar-refractivity contribution in [3.05, 3.63) is 33.3 Å². The molecule has 5 unspecified atom stereocenters. The van der Waals surface area contributed by atoms with Gasteiger partial charge in [-0.15, -0.1) is 11.3 Å². The Morgan fingerprint density at radius 2 is 1.88 bits per heavy atom. The van der Waals surface area contributed by atoms with Crippen LogP contribution in [0.25, 0.3) is 6.08 Å². The average Bonchev–Trinajstić information content (AvgIpc) is 3.17. The fourth-order valence-corrected chi connectivity index (χ4v) is 4.99. The van der Waals surface area contributed by atoms with Gasteiger partial charge in [0, 0.05) is 17.7 Å². The molecule has 0 aliphatic carbocycles. The van der Waals surface area contributed by atoms with E-state index in [9.17, 15) is 19.8 Å². The molecule has 0 bridgehead atoms. The third kappa shape index (κ3) is 7.59. The summed E-state index contributed by atoms with van der Waals surface area (Å²) in [5.74, 6) is -1.48. The lowest BCUT2D eigenvalue weighted by Gasteiger charge is -2.34. The van der Waals surface area contributed by atoms with Crippen LogP contribution in [0.2, 0.25) is 0 Å². The fourth-order valence-electron chi connectivity index (χ4n) is 4.42. The summed E-state index contributed by atoms with van der Waals surface area (Å²) in [7, 11) is 0. The molecule has 1 aromatic rings. The number of ether oxygens (including phenoxy) is 1. The first-order valence-corrected chi connectivity index (χ1v) is 13.1. The predicted molar refractivity (Wildman–Crippen MR) is 136 cm³/mol. The molecule has 1 aliphatic heterocycles. The first-order chi connectivity index (χ1) is 15.8. The topological polar surface area (TPSA) is 96.7 Å². The molecule has 0 amide bonds. The number of aryl methyl sites for hydroxylation is 1. The van der Waals surface area contributed by atoms with Crippen molar-refractivity contribution in [3.8, 4) is 0 Å². The number of aliphatic hydroxyl groups excluding tert-OH is 2. The van der Waals surface area contributed by atoms with Crippen molar-refractivity contribution in [1.29, 1.82) is 0 Å². The van der Waals surface area contributed by atoms with Gasteiger partial charge in [0.1, 0.15) is 11.9 Å². The molecular formula is C27H41NO5S. The molecule has 2 rings (SSSR count). The van der Waals surface area contributed by atoms with E-state index in [0.717, 1.165) is 41.1 Å². The van der Waals surface area contributed by atoms with E-state index < -0.39 is 35.6 Å². The highest BCUT2D eigenvalue weighted by molar-refractivity contribution is 7.09. The van der Waals surface area contributed by atoms with Gasteiger partial charge in [-0.3, -0.25) is 9.59 Å². The number of carbonyl (C=O) groups excluding carboxylic acids is 2. The second kappa shape index (κ2) is 12.2. The van der Waals surface area contributed by atoms with Gasteiger partial charge in [-0.25, -0.2) is 4.98 Å². The van der Waals surface area contributed by atoms with Crippen LogP contribution in [0.5, 0.6) is 0 Å². The third-order valence-corrected chi connectivity index (χ3v) is 7.79. The van der Waals surface area contributed by atoms with Gasteiger partial charge in [0.15, 0.2) is 0 Å². The number of carbonyl (C=O) groups is 2. The van der Waals surface area contributed by atoms with E-state index >= 15 is 0 Å². The summed E-state index contributed by atoms with van der Waals surface area (Å²) in [4.78, 5) is 30.5. The molecule has 2 N–H and O–H groups in total. The Bertz CT molecular complexity index is 916.